The van der Waals surface area contributed by atoms with Crippen LogP contribution in [0.1, 0.15) is 119 Å². The molecule has 0 spiro atoms. The van der Waals surface area contributed by atoms with Crippen molar-refractivity contribution < 1.29 is 9.53 Å². The SMILES string of the molecule is CCC(=O)O[C@H]1CC[C@@]2(C)C(=CC[C@@H]3C2CC[C@@]2(C)C3CC[C@@H]2[C@H](C)CCCC(C)C)C1. The largest absolute Gasteiger partial charge is 0.462 e. The van der Waals surface area contributed by atoms with Gasteiger partial charge in [0.1, 0.15) is 6.10 Å². The lowest BCUT2D eigenvalue weighted by Crippen LogP contribution is -2.51. The number of rotatable bonds is 7. The molecule has 182 valence electrons. The fourth-order valence-electron chi connectivity index (χ4n) is 9.02. The van der Waals surface area contributed by atoms with Gasteiger partial charge in [-0.15, -0.1) is 0 Å². The van der Waals surface area contributed by atoms with Gasteiger partial charge in [-0.05, 0) is 91.3 Å². The number of hydrogen-bond donors (Lipinski definition) is 0. The van der Waals surface area contributed by atoms with Crippen molar-refractivity contribution in [2.45, 2.75) is 125 Å². The molecule has 0 aromatic heterocycles. The number of carbonyl (C=O) groups excluding carboxylic acids is 1. The van der Waals surface area contributed by atoms with E-state index in [2.05, 4.69) is 40.7 Å². The van der Waals surface area contributed by atoms with E-state index < -0.39 is 0 Å². The van der Waals surface area contributed by atoms with E-state index in [1.165, 1.54) is 57.8 Å². The monoisotopic (exact) mass is 442 g/mol. The highest BCUT2D eigenvalue weighted by molar-refractivity contribution is 5.69. The predicted octanol–water partition coefficient (Wildman–Crippen LogP) is 8.35. The second kappa shape index (κ2) is 9.46. The third-order valence-electron chi connectivity index (χ3n) is 10.8. The third-order valence-corrected chi connectivity index (χ3v) is 10.8. The van der Waals surface area contributed by atoms with Crippen LogP contribution in [0.4, 0.5) is 0 Å². The highest BCUT2D eigenvalue weighted by atomic mass is 16.5. The molecule has 0 radical (unpaired) electrons. The Labute approximate surface area is 198 Å². The molecule has 4 rings (SSSR count). The Kier molecular flexibility index (Phi) is 7.19. The van der Waals surface area contributed by atoms with Crippen molar-refractivity contribution in [1.29, 1.82) is 0 Å². The Morgan fingerprint density at radius 3 is 2.56 bits per heavy atom. The summed E-state index contributed by atoms with van der Waals surface area (Å²) in [5.41, 5.74) is 2.54. The van der Waals surface area contributed by atoms with Gasteiger partial charge in [0.2, 0.25) is 0 Å². The van der Waals surface area contributed by atoms with Gasteiger partial charge >= 0.3 is 5.97 Å². The summed E-state index contributed by atoms with van der Waals surface area (Å²) in [6.45, 7) is 14.5. The van der Waals surface area contributed by atoms with Crippen LogP contribution >= 0.6 is 0 Å². The molecular formula is C30H50O2. The quantitative estimate of drug-likeness (QED) is 0.292. The first-order chi connectivity index (χ1) is 15.2. The van der Waals surface area contributed by atoms with Crippen LogP contribution in [0.5, 0.6) is 0 Å². The van der Waals surface area contributed by atoms with E-state index in [4.69, 9.17) is 4.74 Å². The van der Waals surface area contributed by atoms with Gasteiger partial charge in [0.15, 0.2) is 0 Å². The number of allylic oxidation sites excluding steroid dienone is 1. The summed E-state index contributed by atoms with van der Waals surface area (Å²) in [4.78, 5) is 11.9. The molecular weight excluding hydrogens is 392 g/mol. The van der Waals surface area contributed by atoms with Gasteiger partial charge in [-0.3, -0.25) is 4.79 Å². The first kappa shape index (κ1) is 24.3. The molecule has 0 aromatic carbocycles. The van der Waals surface area contributed by atoms with E-state index in [0.717, 1.165) is 48.3 Å². The zero-order valence-electron chi connectivity index (χ0n) is 21.9. The van der Waals surface area contributed by atoms with Crippen molar-refractivity contribution in [1.82, 2.24) is 0 Å². The minimum atomic E-state index is -0.0270. The van der Waals surface area contributed by atoms with Crippen LogP contribution in [0, 0.1) is 46.3 Å². The highest BCUT2D eigenvalue weighted by Crippen LogP contribution is 2.67. The van der Waals surface area contributed by atoms with Crippen molar-refractivity contribution in [2.75, 3.05) is 0 Å². The molecule has 2 nitrogen and oxygen atoms in total. The fraction of sp³-hybridized carbons (Fsp3) is 0.900. The van der Waals surface area contributed by atoms with Crippen LogP contribution in [0.15, 0.2) is 11.6 Å². The summed E-state index contributed by atoms with van der Waals surface area (Å²) in [6, 6.07) is 0. The van der Waals surface area contributed by atoms with E-state index in [1.807, 2.05) is 6.92 Å². The maximum absolute atomic E-state index is 11.9. The van der Waals surface area contributed by atoms with Crippen LogP contribution in [0.25, 0.3) is 0 Å². The average Bonchev–Trinajstić information content (AvgIpc) is 3.11. The molecule has 0 bridgehead atoms. The van der Waals surface area contributed by atoms with Crippen molar-refractivity contribution in [3.05, 3.63) is 11.6 Å². The van der Waals surface area contributed by atoms with Crippen LogP contribution in [-0.2, 0) is 9.53 Å². The Bertz CT molecular complexity index is 708. The van der Waals surface area contributed by atoms with E-state index >= 15 is 0 Å². The summed E-state index contributed by atoms with van der Waals surface area (Å²) in [7, 11) is 0. The van der Waals surface area contributed by atoms with E-state index in [1.54, 1.807) is 5.57 Å². The van der Waals surface area contributed by atoms with Gasteiger partial charge in [-0.1, -0.05) is 72.5 Å². The van der Waals surface area contributed by atoms with Crippen LogP contribution in [-0.4, -0.2) is 12.1 Å². The summed E-state index contributed by atoms with van der Waals surface area (Å²) in [5.74, 6) is 5.28. The normalized spacial score (nSPS) is 42.0. The number of fused-ring (bicyclic) bond motifs is 5. The second-order valence-corrected chi connectivity index (χ2v) is 13.0. The minimum absolute atomic E-state index is 0.0270. The molecule has 0 aliphatic heterocycles. The number of carbonyl (C=O) groups is 1. The van der Waals surface area contributed by atoms with Gasteiger partial charge in [0.25, 0.3) is 0 Å². The van der Waals surface area contributed by atoms with E-state index in [0.29, 0.717) is 17.3 Å². The molecule has 4 aliphatic rings. The number of esters is 1. The lowest BCUT2D eigenvalue weighted by atomic mass is 9.47. The molecule has 32 heavy (non-hydrogen) atoms. The Morgan fingerprint density at radius 1 is 1.06 bits per heavy atom. The Hall–Kier alpha value is -0.790. The summed E-state index contributed by atoms with van der Waals surface area (Å²) in [5, 5.41) is 0. The molecule has 2 unspecified atom stereocenters. The fourth-order valence-corrected chi connectivity index (χ4v) is 9.02. The summed E-state index contributed by atoms with van der Waals surface area (Å²) < 4.78 is 5.76. The van der Waals surface area contributed by atoms with E-state index in [9.17, 15) is 4.79 Å². The predicted molar refractivity (Wildman–Crippen MR) is 133 cm³/mol. The third kappa shape index (κ3) is 4.34. The van der Waals surface area contributed by atoms with Crippen molar-refractivity contribution >= 4 is 5.97 Å². The molecule has 4 aliphatic carbocycles. The summed E-state index contributed by atoms with van der Waals surface area (Å²) in [6.07, 6.45) is 17.8. The van der Waals surface area contributed by atoms with Gasteiger partial charge in [0, 0.05) is 12.8 Å². The maximum atomic E-state index is 11.9. The molecule has 8 atom stereocenters. The molecule has 3 saturated carbocycles. The maximum Gasteiger partial charge on any atom is 0.305 e. The molecule has 0 aromatic rings. The molecule has 0 saturated heterocycles. The van der Waals surface area contributed by atoms with Gasteiger partial charge < -0.3 is 4.74 Å². The molecule has 3 fully saturated rings. The lowest BCUT2D eigenvalue weighted by molar-refractivity contribution is -0.151. The van der Waals surface area contributed by atoms with Crippen LogP contribution < -0.4 is 0 Å². The number of hydrogen-bond acceptors (Lipinski definition) is 2. The molecule has 0 amide bonds. The molecule has 2 heteroatoms. The Balaban J connectivity index is 1.45. The molecule has 0 heterocycles. The zero-order valence-corrected chi connectivity index (χ0v) is 21.9. The first-order valence-corrected chi connectivity index (χ1v) is 14.1. The van der Waals surface area contributed by atoms with Crippen molar-refractivity contribution in [2.24, 2.45) is 46.3 Å². The second-order valence-electron chi connectivity index (χ2n) is 13.0. The zero-order chi connectivity index (χ0) is 23.1. The summed E-state index contributed by atoms with van der Waals surface area (Å²) >= 11 is 0. The van der Waals surface area contributed by atoms with Gasteiger partial charge in [0.05, 0.1) is 0 Å². The van der Waals surface area contributed by atoms with Gasteiger partial charge in [-0.25, -0.2) is 0 Å². The number of ether oxygens (including phenoxy) is 1. The lowest BCUT2D eigenvalue weighted by Gasteiger charge is -2.58. The van der Waals surface area contributed by atoms with Crippen LogP contribution in [0.2, 0.25) is 0 Å². The minimum Gasteiger partial charge on any atom is -0.462 e. The van der Waals surface area contributed by atoms with Gasteiger partial charge in [-0.2, -0.15) is 0 Å². The van der Waals surface area contributed by atoms with Crippen LogP contribution in [0.3, 0.4) is 0 Å². The highest BCUT2D eigenvalue weighted by Gasteiger charge is 2.59. The first-order valence-electron chi connectivity index (χ1n) is 14.1. The smallest absolute Gasteiger partial charge is 0.305 e. The van der Waals surface area contributed by atoms with Crippen molar-refractivity contribution in [3.8, 4) is 0 Å². The standard InChI is InChI=1S/C30H50O2/c1-7-28(31)32-23-15-17-29(5)22(19-23)11-12-24-26-14-13-25(21(4)10-8-9-20(2)3)30(26,6)18-16-27(24)29/h11,20-21,23-27H,7-10,12-19H2,1-6H3/t21-,23+,24+,25-,26?,27?,29+,30-/m1/s1. The van der Waals surface area contributed by atoms with E-state index in [-0.39, 0.29) is 12.1 Å². The topological polar surface area (TPSA) is 26.3 Å². The molecule has 0 N–H and O–H groups in total. The average molecular weight is 443 g/mol. The Morgan fingerprint density at radius 2 is 1.84 bits per heavy atom. The van der Waals surface area contributed by atoms with Crippen molar-refractivity contribution in [3.63, 3.8) is 0 Å².